The van der Waals surface area contributed by atoms with Crippen molar-refractivity contribution >= 4 is 65.0 Å². The van der Waals surface area contributed by atoms with E-state index in [1.807, 2.05) is 6.07 Å². The molecule has 1 aliphatic heterocycles. The molecular weight excluding hydrogens is 400 g/mol. The number of pyridine rings is 2. The first-order valence-corrected chi connectivity index (χ1v) is 10.3. The molecule has 6 nitrogen and oxygen atoms in total. The quantitative estimate of drug-likeness (QED) is 0.297. The van der Waals surface area contributed by atoms with Gasteiger partial charge in [0.25, 0.3) is 0 Å². The molecule has 0 atom stereocenters. The van der Waals surface area contributed by atoms with Crippen LogP contribution in [0.25, 0.3) is 43.6 Å². The summed E-state index contributed by atoms with van der Waals surface area (Å²) in [6.45, 7) is 0. The fraction of sp³-hybridized carbons (Fsp3) is 0. The normalized spacial score (nSPS) is 14.8. The number of fused-ring (bicyclic) bond motifs is 6. The highest BCUT2D eigenvalue weighted by Gasteiger charge is 2.45. The van der Waals surface area contributed by atoms with E-state index in [4.69, 9.17) is 11.6 Å². The minimum Gasteiger partial charge on any atom is -0.354 e. The zero-order chi connectivity index (χ0) is 19.4. The van der Waals surface area contributed by atoms with Crippen molar-refractivity contribution in [2.75, 3.05) is 0 Å². The van der Waals surface area contributed by atoms with Gasteiger partial charge in [-0.15, -0.1) is 0 Å². The predicted molar refractivity (Wildman–Crippen MR) is 108 cm³/mol. The lowest BCUT2D eigenvalue weighted by atomic mass is 10.1. The summed E-state index contributed by atoms with van der Waals surface area (Å²) in [6.07, 6.45) is 0. The van der Waals surface area contributed by atoms with E-state index in [1.165, 1.54) is 6.07 Å². The van der Waals surface area contributed by atoms with Crippen molar-refractivity contribution in [1.29, 1.82) is 0 Å². The lowest BCUT2D eigenvalue weighted by Crippen LogP contribution is -2.08. The van der Waals surface area contributed by atoms with Gasteiger partial charge in [-0.25, -0.2) is 8.42 Å². The number of nitrogens with one attached hydrogen (secondary N) is 2. The number of aromatic nitrogens is 2. The zero-order valence-corrected chi connectivity index (χ0v) is 15.5. The first-order valence-electron chi connectivity index (χ1n) is 8.40. The van der Waals surface area contributed by atoms with E-state index >= 15 is 0 Å². The van der Waals surface area contributed by atoms with E-state index < -0.39 is 15.3 Å². The maximum absolute atomic E-state index is 13.1. The molecule has 28 heavy (non-hydrogen) atoms. The van der Waals surface area contributed by atoms with Gasteiger partial charge in [-0.05, 0) is 30.3 Å². The molecule has 2 N–H and O–H groups in total. The van der Waals surface area contributed by atoms with E-state index in [2.05, 4.69) is 9.97 Å². The maximum atomic E-state index is 13.1. The summed E-state index contributed by atoms with van der Waals surface area (Å²) >= 11 is 6.06. The highest BCUT2D eigenvalue weighted by molar-refractivity contribution is 7.97. The van der Waals surface area contributed by atoms with Gasteiger partial charge in [0.2, 0.25) is 9.84 Å². The number of hydrogen-bond donors (Lipinski definition) is 2. The molecule has 0 fully saturated rings. The van der Waals surface area contributed by atoms with Crippen LogP contribution in [0.5, 0.6) is 0 Å². The Labute approximate surface area is 161 Å². The third-order valence-electron chi connectivity index (χ3n) is 5.27. The second-order valence-corrected chi connectivity index (χ2v) is 9.07. The Kier molecular flexibility index (Phi) is 2.72. The van der Waals surface area contributed by atoms with Gasteiger partial charge in [-0.3, -0.25) is 9.59 Å². The average Bonchev–Trinajstić information content (AvgIpc) is 3.24. The van der Waals surface area contributed by atoms with Crippen molar-refractivity contribution in [3.8, 4) is 0 Å². The average molecular weight is 409 g/mol. The summed E-state index contributed by atoms with van der Waals surface area (Å²) in [4.78, 5) is 32.2. The molecule has 2 aromatic heterocycles. The van der Waals surface area contributed by atoms with Crippen molar-refractivity contribution in [1.82, 2.24) is 9.97 Å². The van der Waals surface area contributed by atoms with Crippen LogP contribution in [0.4, 0.5) is 0 Å². The fourth-order valence-corrected chi connectivity index (χ4v) is 6.09. The van der Waals surface area contributed by atoms with Gasteiger partial charge < -0.3 is 9.97 Å². The second kappa shape index (κ2) is 4.81. The Morgan fingerprint density at radius 3 is 2.11 bits per heavy atom. The monoisotopic (exact) mass is 408 g/mol. The molecule has 0 saturated heterocycles. The van der Waals surface area contributed by atoms with Crippen LogP contribution in [0.15, 0.2) is 61.8 Å². The molecule has 0 saturated carbocycles. The standard InChI is InChI=1S/C20H9ClN2O4S/c21-11-7-15-16(20-19(11)28(20,26)27)18(25)10-6-13-9(5-14(10)23-15)17(24)8-3-1-2-4-12(8)22-13/h1-7H,(H,22,24)(H,23,25). The van der Waals surface area contributed by atoms with E-state index in [9.17, 15) is 18.0 Å². The van der Waals surface area contributed by atoms with Crippen molar-refractivity contribution in [3.63, 3.8) is 0 Å². The molecule has 0 spiro atoms. The molecule has 8 heteroatoms. The van der Waals surface area contributed by atoms with Crippen LogP contribution in [0.1, 0.15) is 0 Å². The number of sulfone groups is 1. The highest BCUT2D eigenvalue weighted by Crippen LogP contribution is 2.49. The minimum atomic E-state index is -3.61. The van der Waals surface area contributed by atoms with E-state index in [1.54, 1.807) is 30.3 Å². The van der Waals surface area contributed by atoms with Gasteiger partial charge in [-0.2, -0.15) is 0 Å². The van der Waals surface area contributed by atoms with Gasteiger partial charge in [-0.1, -0.05) is 23.7 Å². The molecule has 5 aromatic rings. The topological polar surface area (TPSA) is 99.9 Å². The van der Waals surface area contributed by atoms with Crippen molar-refractivity contribution in [2.45, 2.75) is 9.79 Å². The van der Waals surface area contributed by atoms with Crippen LogP contribution in [0.3, 0.4) is 0 Å². The van der Waals surface area contributed by atoms with Crippen molar-refractivity contribution < 1.29 is 8.42 Å². The highest BCUT2D eigenvalue weighted by atomic mass is 35.5. The first-order chi connectivity index (χ1) is 13.4. The summed E-state index contributed by atoms with van der Waals surface area (Å²) in [6, 6.07) is 11.8. The lowest BCUT2D eigenvalue weighted by Gasteiger charge is -2.06. The largest absolute Gasteiger partial charge is 0.354 e. The van der Waals surface area contributed by atoms with Gasteiger partial charge in [0.05, 0.1) is 27.0 Å². The number of benzene rings is 3. The Morgan fingerprint density at radius 2 is 1.36 bits per heavy atom. The summed E-state index contributed by atoms with van der Waals surface area (Å²) in [5.74, 6) is 0. The van der Waals surface area contributed by atoms with Crippen molar-refractivity contribution in [3.05, 3.63) is 67.9 Å². The fourth-order valence-electron chi connectivity index (χ4n) is 3.93. The van der Waals surface area contributed by atoms with Crippen LogP contribution in [0.2, 0.25) is 5.02 Å². The molecule has 0 radical (unpaired) electrons. The Balaban J connectivity index is 1.85. The Hall–Kier alpha value is -3.16. The smallest absolute Gasteiger partial charge is 0.211 e. The van der Waals surface area contributed by atoms with E-state index in [-0.39, 0.29) is 25.6 Å². The molecule has 0 bridgehead atoms. The molecule has 0 aliphatic carbocycles. The lowest BCUT2D eigenvalue weighted by molar-refractivity contribution is 0.612. The van der Waals surface area contributed by atoms with Gasteiger partial charge in [0.15, 0.2) is 10.9 Å². The molecule has 0 amide bonds. The van der Waals surface area contributed by atoms with Gasteiger partial charge in [0, 0.05) is 21.7 Å². The molecule has 6 rings (SSSR count). The van der Waals surface area contributed by atoms with Gasteiger partial charge >= 0.3 is 0 Å². The third kappa shape index (κ3) is 1.80. The Morgan fingerprint density at radius 1 is 0.714 bits per heavy atom. The van der Waals surface area contributed by atoms with E-state index in [0.29, 0.717) is 38.2 Å². The maximum Gasteiger partial charge on any atom is 0.211 e. The summed E-state index contributed by atoms with van der Waals surface area (Å²) in [7, 11) is -3.61. The minimum absolute atomic E-state index is 0.00903. The summed E-state index contributed by atoms with van der Waals surface area (Å²) < 4.78 is 24.3. The molecule has 136 valence electrons. The van der Waals surface area contributed by atoms with Crippen LogP contribution < -0.4 is 10.9 Å². The Bertz CT molecular complexity index is 1780. The number of halogens is 1. The number of hydrogen-bond acceptors (Lipinski definition) is 4. The van der Waals surface area contributed by atoms with Crippen molar-refractivity contribution in [2.24, 2.45) is 0 Å². The SMILES string of the molecule is O=c1c2ccccc2[nH]c2cc3c(=O)c4c5c(c(Cl)cc4[nH]c3cc12)S5(=O)=O. The van der Waals surface area contributed by atoms with Gasteiger partial charge in [0.1, 0.15) is 9.79 Å². The number of H-pyrrole nitrogens is 2. The van der Waals surface area contributed by atoms with Crippen LogP contribution in [-0.2, 0) is 9.84 Å². The second-order valence-electron chi connectivity index (χ2n) is 6.84. The van der Waals surface area contributed by atoms with Crippen LogP contribution in [0, 0.1) is 0 Å². The first kappa shape index (κ1) is 15.9. The molecule has 1 aliphatic rings. The third-order valence-corrected chi connectivity index (χ3v) is 7.38. The zero-order valence-electron chi connectivity index (χ0n) is 14.0. The number of rotatable bonds is 0. The molecule has 3 heterocycles. The van der Waals surface area contributed by atoms with Crippen LogP contribution >= 0.6 is 11.6 Å². The molecule has 0 unspecified atom stereocenters. The number of aromatic amines is 2. The predicted octanol–water partition coefficient (Wildman–Crippen LogP) is 3.48. The summed E-state index contributed by atoms with van der Waals surface area (Å²) in [5, 5.41) is 1.48. The molecular formula is C20H9ClN2O4S. The van der Waals surface area contributed by atoms with E-state index in [0.717, 1.165) is 0 Å². The summed E-state index contributed by atoms with van der Waals surface area (Å²) in [5.41, 5.74) is 1.40. The molecule has 3 aromatic carbocycles. The number of para-hydroxylation sites is 1. The van der Waals surface area contributed by atoms with Crippen LogP contribution in [-0.4, -0.2) is 18.4 Å².